The highest BCUT2D eigenvalue weighted by Gasteiger charge is 2.11. The minimum Gasteiger partial charge on any atom is -0.409 e. The maximum absolute atomic E-state index is 8.83. The van der Waals surface area contributed by atoms with Gasteiger partial charge in [-0.1, -0.05) is 51.7 Å². The molecule has 7 heteroatoms. The molecule has 0 atom stereocenters. The van der Waals surface area contributed by atoms with Crippen molar-refractivity contribution >= 4 is 52.4 Å². The highest BCUT2D eigenvalue weighted by Crippen LogP contribution is 2.37. The van der Waals surface area contributed by atoms with Crippen LogP contribution < -0.4 is 5.73 Å². The van der Waals surface area contributed by atoms with Crippen molar-refractivity contribution < 1.29 is 5.21 Å². The lowest BCUT2D eigenvalue weighted by atomic mass is 10.2. The van der Waals surface area contributed by atoms with Crippen LogP contribution in [0.2, 0.25) is 15.1 Å². The highest BCUT2D eigenvalue weighted by atomic mass is 35.5. The van der Waals surface area contributed by atoms with E-state index in [-0.39, 0.29) is 5.84 Å². The predicted molar refractivity (Wildman–Crippen MR) is 84.5 cm³/mol. The van der Waals surface area contributed by atoms with Gasteiger partial charge in [-0.2, -0.15) is 0 Å². The number of oxime groups is 1. The van der Waals surface area contributed by atoms with Crippen LogP contribution in [0.3, 0.4) is 0 Å². The molecule has 0 fully saturated rings. The zero-order chi connectivity index (χ0) is 14.7. The molecular weight excluding hydrogens is 339 g/mol. The lowest BCUT2D eigenvalue weighted by molar-refractivity contribution is 0.318. The van der Waals surface area contributed by atoms with E-state index >= 15 is 0 Å². The van der Waals surface area contributed by atoms with E-state index in [1.807, 2.05) is 0 Å². The number of benzene rings is 2. The Morgan fingerprint density at radius 1 is 1.00 bits per heavy atom. The number of nitrogens with zero attached hydrogens (tertiary/aromatic N) is 1. The van der Waals surface area contributed by atoms with E-state index in [9.17, 15) is 0 Å². The summed E-state index contributed by atoms with van der Waals surface area (Å²) in [5.41, 5.74) is 6.18. The summed E-state index contributed by atoms with van der Waals surface area (Å²) >= 11 is 19.4. The fraction of sp³-hybridized carbons (Fsp3) is 0. The topological polar surface area (TPSA) is 58.6 Å². The van der Waals surface area contributed by atoms with Gasteiger partial charge in [0.05, 0.1) is 5.02 Å². The van der Waals surface area contributed by atoms with Crippen LogP contribution in [0.4, 0.5) is 0 Å². The number of hydrogen-bond acceptors (Lipinski definition) is 3. The second-order valence-electron chi connectivity index (χ2n) is 3.80. The van der Waals surface area contributed by atoms with Gasteiger partial charge in [-0.25, -0.2) is 0 Å². The third-order valence-electron chi connectivity index (χ3n) is 2.44. The quantitative estimate of drug-likeness (QED) is 0.359. The van der Waals surface area contributed by atoms with Gasteiger partial charge >= 0.3 is 0 Å². The Kier molecular flexibility index (Phi) is 5.05. The molecule has 0 saturated heterocycles. The predicted octanol–water partition coefficient (Wildman–Crippen LogP) is 4.89. The second kappa shape index (κ2) is 6.59. The third kappa shape index (κ3) is 3.52. The normalized spacial score (nSPS) is 11.7. The summed E-state index contributed by atoms with van der Waals surface area (Å²) < 4.78 is 0. The molecule has 104 valence electrons. The third-order valence-corrected chi connectivity index (χ3v) is 4.48. The highest BCUT2D eigenvalue weighted by molar-refractivity contribution is 7.99. The number of halogens is 3. The van der Waals surface area contributed by atoms with E-state index in [2.05, 4.69) is 5.16 Å². The summed E-state index contributed by atoms with van der Waals surface area (Å²) in [6, 6.07) is 10.3. The summed E-state index contributed by atoms with van der Waals surface area (Å²) in [6.07, 6.45) is 0. The first-order valence-corrected chi connectivity index (χ1v) is 7.36. The van der Waals surface area contributed by atoms with Crippen LogP contribution in [0.25, 0.3) is 0 Å². The minimum absolute atomic E-state index is 0.0202. The molecule has 2 aromatic carbocycles. The van der Waals surface area contributed by atoms with E-state index < -0.39 is 0 Å². The molecule has 3 N–H and O–H groups in total. The SMILES string of the molecule is NC(=NO)c1cc(Cl)ccc1Sc1cc(Cl)ccc1Cl. The van der Waals surface area contributed by atoms with Gasteiger partial charge in [0.25, 0.3) is 0 Å². The molecule has 3 nitrogen and oxygen atoms in total. The Hall–Kier alpha value is -1.07. The van der Waals surface area contributed by atoms with Crippen molar-refractivity contribution in [2.75, 3.05) is 0 Å². The van der Waals surface area contributed by atoms with E-state index in [1.165, 1.54) is 11.8 Å². The molecule has 0 aliphatic heterocycles. The van der Waals surface area contributed by atoms with Gasteiger partial charge in [0.15, 0.2) is 5.84 Å². The molecule has 2 rings (SSSR count). The molecule has 0 bridgehead atoms. The molecule has 0 unspecified atom stereocenters. The smallest absolute Gasteiger partial charge is 0.171 e. The van der Waals surface area contributed by atoms with Crippen molar-refractivity contribution in [3.8, 4) is 0 Å². The fourth-order valence-electron chi connectivity index (χ4n) is 1.52. The molecule has 0 aliphatic rings. The number of rotatable bonds is 3. The zero-order valence-electron chi connectivity index (χ0n) is 9.98. The van der Waals surface area contributed by atoms with Crippen LogP contribution >= 0.6 is 46.6 Å². The Labute approximate surface area is 135 Å². The van der Waals surface area contributed by atoms with Crippen LogP contribution in [0.15, 0.2) is 51.3 Å². The van der Waals surface area contributed by atoms with E-state index in [0.717, 1.165) is 9.79 Å². The van der Waals surface area contributed by atoms with Crippen LogP contribution in [0.5, 0.6) is 0 Å². The van der Waals surface area contributed by atoms with Gasteiger partial charge in [-0.3, -0.25) is 0 Å². The Bertz CT molecular complexity index is 677. The molecular formula is C13H9Cl3N2OS. The van der Waals surface area contributed by atoms with Gasteiger partial charge in [0.1, 0.15) is 0 Å². The molecule has 0 aromatic heterocycles. The summed E-state index contributed by atoms with van der Waals surface area (Å²) in [7, 11) is 0. The van der Waals surface area contributed by atoms with Crippen molar-refractivity contribution in [3.05, 3.63) is 57.0 Å². The molecule has 0 radical (unpaired) electrons. The lowest BCUT2D eigenvalue weighted by Gasteiger charge is -2.10. The van der Waals surface area contributed by atoms with Crippen molar-refractivity contribution in [1.29, 1.82) is 0 Å². The number of nitrogens with two attached hydrogens (primary N) is 1. The Morgan fingerprint density at radius 2 is 1.65 bits per heavy atom. The standard InChI is InChI=1S/C13H9Cl3N2OS/c14-7-2-4-11(9(5-7)13(17)18-19)20-12-6-8(15)1-3-10(12)16/h1-6,19H,(H2,17,18). The number of hydrogen-bond donors (Lipinski definition) is 2. The first kappa shape index (κ1) is 15.3. The van der Waals surface area contributed by atoms with Crippen molar-refractivity contribution in [2.24, 2.45) is 10.9 Å². The minimum atomic E-state index is -0.0202. The molecule has 0 aliphatic carbocycles. The molecule has 0 saturated carbocycles. The fourth-order valence-corrected chi connectivity index (χ4v) is 3.16. The van der Waals surface area contributed by atoms with E-state index in [4.69, 9.17) is 45.7 Å². The summed E-state index contributed by atoms with van der Waals surface area (Å²) in [5.74, 6) is -0.0202. The lowest BCUT2D eigenvalue weighted by Crippen LogP contribution is -2.14. The molecule has 20 heavy (non-hydrogen) atoms. The summed E-state index contributed by atoms with van der Waals surface area (Å²) in [4.78, 5) is 1.53. The average molecular weight is 348 g/mol. The Balaban J connectivity index is 2.46. The molecule has 0 amide bonds. The maximum atomic E-state index is 8.83. The molecule has 2 aromatic rings. The van der Waals surface area contributed by atoms with Gasteiger partial charge in [0.2, 0.25) is 0 Å². The average Bonchev–Trinajstić information content (AvgIpc) is 2.43. The van der Waals surface area contributed by atoms with Crippen LogP contribution in [-0.4, -0.2) is 11.0 Å². The van der Waals surface area contributed by atoms with Crippen LogP contribution in [0.1, 0.15) is 5.56 Å². The number of amidine groups is 1. The molecule has 0 spiro atoms. The van der Waals surface area contributed by atoms with Gasteiger partial charge < -0.3 is 10.9 Å². The summed E-state index contributed by atoms with van der Waals surface area (Å²) in [5, 5.41) is 13.5. The monoisotopic (exact) mass is 346 g/mol. The first-order chi connectivity index (χ1) is 9.51. The second-order valence-corrected chi connectivity index (χ2v) is 6.17. The maximum Gasteiger partial charge on any atom is 0.171 e. The molecule has 0 heterocycles. The van der Waals surface area contributed by atoms with Gasteiger partial charge in [-0.15, -0.1) is 0 Å². The van der Waals surface area contributed by atoms with Crippen LogP contribution in [0, 0.1) is 0 Å². The van der Waals surface area contributed by atoms with E-state index in [0.29, 0.717) is 20.6 Å². The largest absolute Gasteiger partial charge is 0.409 e. The van der Waals surface area contributed by atoms with Gasteiger partial charge in [0, 0.05) is 25.4 Å². The zero-order valence-corrected chi connectivity index (χ0v) is 13.1. The van der Waals surface area contributed by atoms with Crippen molar-refractivity contribution in [3.63, 3.8) is 0 Å². The van der Waals surface area contributed by atoms with Crippen molar-refractivity contribution in [2.45, 2.75) is 9.79 Å². The van der Waals surface area contributed by atoms with E-state index in [1.54, 1.807) is 36.4 Å². The first-order valence-electron chi connectivity index (χ1n) is 5.41. The van der Waals surface area contributed by atoms with Gasteiger partial charge in [-0.05, 0) is 36.4 Å². The van der Waals surface area contributed by atoms with Crippen LogP contribution in [-0.2, 0) is 0 Å². The summed E-state index contributed by atoms with van der Waals surface area (Å²) in [6.45, 7) is 0. The Morgan fingerprint density at radius 3 is 2.35 bits per heavy atom. The van der Waals surface area contributed by atoms with Crippen molar-refractivity contribution in [1.82, 2.24) is 0 Å².